The monoisotopic (exact) mass is 257 g/mol. The lowest BCUT2D eigenvalue weighted by molar-refractivity contribution is 0.332. The number of halogens is 2. The molecule has 0 amide bonds. The largest absolute Gasteiger partial charge is 0.493 e. The molecule has 100 valence electrons. The van der Waals surface area contributed by atoms with Gasteiger partial charge in [0.15, 0.2) is 23.1 Å². The molecule has 5 heteroatoms. The Morgan fingerprint density at radius 3 is 2.61 bits per heavy atom. The predicted octanol–water partition coefficient (Wildman–Crippen LogP) is 2.45. The summed E-state index contributed by atoms with van der Waals surface area (Å²) < 4.78 is 37.8. The van der Waals surface area contributed by atoms with Gasteiger partial charge in [0.1, 0.15) is 0 Å². The molecule has 3 nitrogen and oxygen atoms in total. The fraction of sp³-hybridized carbons (Fsp3) is 0.538. The third-order valence-electron chi connectivity index (χ3n) is 3.30. The highest BCUT2D eigenvalue weighted by Crippen LogP contribution is 2.40. The molecule has 1 unspecified atom stereocenters. The molecule has 1 aromatic carbocycles. The molecule has 1 fully saturated rings. The van der Waals surface area contributed by atoms with Gasteiger partial charge in [-0.3, -0.25) is 0 Å². The van der Waals surface area contributed by atoms with Crippen LogP contribution in [-0.4, -0.2) is 27.3 Å². The molecule has 1 aliphatic heterocycles. The fourth-order valence-corrected chi connectivity index (χ4v) is 2.43. The van der Waals surface area contributed by atoms with E-state index in [0.717, 1.165) is 25.5 Å². The van der Waals surface area contributed by atoms with Gasteiger partial charge in [-0.25, -0.2) is 8.78 Å². The maximum Gasteiger partial charge on any atom is 0.167 e. The smallest absolute Gasteiger partial charge is 0.167 e. The van der Waals surface area contributed by atoms with E-state index in [-0.39, 0.29) is 17.2 Å². The van der Waals surface area contributed by atoms with Crippen LogP contribution in [0.2, 0.25) is 0 Å². The van der Waals surface area contributed by atoms with Gasteiger partial charge in [-0.1, -0.05) is 0 Å². The predicted molar refractivity (Wildman–Crippen MR) is 64.3 cm³/mol. The van der Waals surface area contributed by atoms with Crippen molar-refractivity contribution in [3.63, 3.8) is 0 Å². The van der Waals surface area contributed by atoms with Gasteiger partial charge in [-0.2, -0.15) is 0 Å². The van der Waals surface area contributed by atoms with Crippen molar-refractivity contribution < 1.29 is 18.3 Å². The average Bonchev–Trinajstić information content (AvgIpc) is 2.42. The van der Waals surface area contributed by atoms with Crippen molar-refractivity contribution in [3.05, 3.63) is 23.3 Å². The fourth-order valence-electron chi connectivity index (χ4n) is 2.43. The van der Waals surface area contributed by atoms with Crippen molar-refractivity contribution in [2.45, 2.75) is 18.8 Å². The van der Waals surface area contributed by atoms with Crippen LogP contribution < -0.4 is 14.8 Å². The zero-order valence-electron chi connectivity index (χ0n) is 10.6. The summed E-state index contributed by atoms with van der Waals surface area (Å²) in [7, 11) is 2.85. The molecule has 0 aliphatic carbocycles. The number of rotatable bonds is 3. The summed E-state index contributed by atoms with van der Waals surface area (Å²) in [6.45, 7) is 1.53. The minimum absolute atomic E-state index is 0.0849. The van der Waals surface area contributed by atoms with E-state index in [2.05, 4.69) is 5.32 Å². The molecule has 0 radical (unpaired) electrons. The maximum absolute atomic E-state index is 14.0. The summed E-state index contributed by atoms with van der Waals surface area (Å²) >= 11 is 0. The van der Waals surface area contributed by atoms with Crippen molar-refractivity contribution in [1.29, 1.82) is 0 Å². The molecule has 0 spiro atoms. The van der Waals surface area contributed by atoms with Crippen LogP contribution in [0.15, 0.2) is 6.07 Å². The molecule has 1 aromatic rings. The highest BCUT2D eigenvalue weighted by Gasteiger charge is 2.27. The Morgan fingerprint density at radius 1 is 1.28 bits per heavy atom. The first-order chi connectivity index (χ1) is 8.69. The molecular weight excluding hydrogens is 240 g/mol. The molecule has 0 aromatic heterocycles. The van der Waals surface area contributed by atoms with E-state index < -0.39 is 11.6 Å². The topological polar surface area (TPSA) is 30.5 Å². The van der Waals surface area contributed by atoms with Gasteiger partial charge in [-0.15, -0.1) is 0 Å². The highest BCUT2D eigenvalue weighted by molar-refractivity contribution is 5.50. The van der Waals surface area contributed by atoms with Crippen LogP contribution in [0.4, 0.5) is 8.78 Å². The number of hydrogen-bond donors (Lipinski definition) is 1. The van der Waals surface area contributed by atoms with E-state index in [9.17, 15) is 8.78 Å². The zero-order chi connectivity index (χ0) is 13.1. The molecule has 0 saturated carbocycles. The van der Waals surface area contributed by atoms with Crippen molar-refractivity contribution in [1.82, 2.24) is 5.32 Å². The minimum Gasteiger partial charge on any atom is -0.493 e. The molecule has 2 rings (SSSR count). The van der Waals surface area contributed by atoms with E-state index in [4.69, 9.17) is 9.47 Å². The Morgan fingerprint density at radius 2 is 2.06 bits per heavy atom. The van der Waals surface area contributed by atoms with Crippen LogP contribution in [0.5, 0.6) is 11.5 Å². The van der Waals surface area contributed by atoms with E-state index in [0.29, 0.717) is 12.3 Å². The molecule has 1 aliphatic rings. The molecule has 18 heavy (non-hydrogen) atoms. The van der Waals surface area contributed by atoms with Gasteiger partial charge < -0.3 is 14.8 Å². The van der Waals surface area contributed by atoms with Crippen LogP contribution in [-0.2, 0) is 0 Å². The Kier molecular flexibility index (Phi) is 4.01. The van der Waals surface area contributed by atoms with Crippen molar-refractivity contribution in [3.8, 4) is 11.5 Å². The van der Waals surface area contributed by atoms with Crippen LogP contribution in [0.25, 0.3) is 0 Å². The molecular formula is C13H17F2NO2. The van der Waals surface area contributed by atoms with Crippen LogP contribution in [0, 0.1) is 11.6 Å². The second-order valence-electron chi connectivity index (χ2n) is 4.36. The normalized spacial score (nSPS) is 19.7. The number of nitrogens with one attached hydrogen (secondary N) is 1. The summed E-state index contributed by atoms with van der Waals surface area (Å²) in [6, 6.07) is 1.02. The van der Waals surface area contributed by atoms with Gasteiger partial charge >= 0.3 is 0 Å². The highest BCUT2D eigenvalue weighted by atomic mass is 19.2. The number of ether oxygens (including phenoxy) is 2. The van der Waals surface area contributed by atoms with Crippen LogP contribution in [0.1, 0.15) is 24.3 Å². The summed E-state index contributed by atoms with van der Waals surface area (Å²) in [5.41, 5.74) is 0.279. The first-order valence-corrected chi connectivity index (χ1v) is 5.99. The Bertz CT molecular complexity index is 431. The summed E-state index contributed by atoms with van der Waals surface area (Å²) in [4.78, 5) is 0. The Hall–Kier alpha value is -1.36. The number of benzene rings is 1. The molecule has 1 saturated heterocycles. The lowest BCUT2D eigenvalue weighted by Crippen LogP contribution is -2.29. The molecule has 1 N–H and O–H groups in total. The molecule has 1 heterocycles. The Balaban J connectivity index is 2.51. The summed E-state index contributed by atoms with van der Waals surface area (Å²) in [5.74, 6) is -1.28. The summed E-state index contributed by atoms with van der Waals surface area (Å²) in [6.07, 6.45) is 1.75. The van der Waals surface area contributed by atoms with Crippen molar-refractivity contribution >= 4 is 0 Å². The lowest BCUT2D eigenvalue weighted by atomic mass is 9.90. The first-order valence-electron chi connectivity index (χ1n) is 5.99. The second-order valence-corrected chi connectivity index (χ2v) is 4.36. The van der Waals surface area contributed by atoms with Gasteiger partial charge in [-0.05, 0) is 19.4 Å². The van der Waals surface area contributed by atoms with E-state index >= 15 is 0 Å². The van der Waals surface area contributed by atoms with E-state index in [1.54, 1.807) is 0 Å². The molecule has 0 bridgehead atoms. The second kappa shape index (κ2) is 5.52. The van der Waals surface area contributed by atoms with Gasteiger partial charge in [0, 0.05) is 24.1 Å². The standard InChI is InChI=1S/C13H17F2NO2/c1-17-10-6-9(14)12(15)11(13(10)18-2)8-4-3-5-16-7-8/h6,8,16H,3-5,7H2,1-2H3. The third-order valence-corrected chi connectivity index (χ3v) is 3.30. The van der Waals surface area contributed by atoms with Crippen molar-refractivity contribution in [2.24, 2.45) is 0 Å². The lowest BCUT2D eigenvalue weighted by Gasteiger charge is -2.26. The van der Waals surface area contributed by atoms with Gasteiger partial charge in [0.25, 0.3) is 0 Å². The van der Waals surface area contributed by atoms with E-state index in [1.165, 1.54) is 14.2 Å². The van der Waals surface area contributed by atoms with Crippen LogP contribution >= 0.6 is 0 Å². The number of hydrogen-bond acceptors (Lipinski definition) is 3. The van der Waals surface area contributed by atoms with Crippen LogP contribution in [0.3, 0.4) is 0 Å². The van der Waals surface area contributed by atoms with Gasteiger partial charge in [0.05, 0.1) is 14.2 Å². The number of piperidine rings is 1. The van der Waals surface area contributed by atoms with Gasteiger partial charge in [0.2, 0.25) is 0 Å². The minimum atomic E-state index is -0.895. The SMILES string of the molecule is COc1cc(F)c(F)c(C2CCCNC2)c1OC. The van der Waals surface area contributed by atoms with Crippen molar-refractivity contribution in [2.75, 3.05) is 27.3 Å². The summed E-state index contributed by atoms with van der Waals surface area (Å²) in [5, 5.41) is 3.18. The quantitative estimate of drug-likeness (QED) is 0.902. The molecule has 1 atom stereocenters. The average molecular weight is 257 g/mol. The first kappa shape index (κ1) is 13.1. The number of methoxy groups -OCH3 is 2. The Labute approximate surface area is 105 Å². The maximum atomic E-state index is 14.0. The zero-order valence-corrected chi connectivity index (χ0v) is 10.6. The third kappa shape index (κ3) is 2.27. The van der Waals surface area contributed by atoms with E-state index in [1.807, 2.05) is 0 Å².